The Morgan fingerprint density at radius 3 is 2.54 bits per heavy atom. The van der Waals surface area contributed by atoms with Crippen molar-refractivity contribution in [1.29, 1.82) is 0 Å². The molecule has 144 valence electrons. The topological polar surface area (TPSA) is 40.2 Å². The molecule has 0 amide bonds. The largest absolute Gasteiger partial charge is 0.497 e. The van der Waals surface area contributed by atoms with Gasteiger partial charge < -0.3 is 18.8 Å². The maximum Gasteiger partial charge on any atom is 0.497 e. The van der Waals surface area contributed by atoms with E-state index in [1.807, 2.05) is 27.7 Å². The van der Waals surface area contributed by atoms with Gasteiger partial charge in [-0.05, 0) is 40.3 Å². The molecule has 0 spiro atoms. The van der Waals surface area contributed by atoms with Gasteiger partial charge in [0.1, 0.15) is 24.3 Å². The number of nitrogens with zero attached hydrogens (tertiary/aromatic N) is 1. The van der Waals surface area contributed by atoms with Crippen molar-refractivity contribution in [3.63, 3.8) is 0 Å². The molecule has 1 aromatic carbocycles. The van der Waals surface area contributed by atoms with Crippen molar-refractivity contribution in [3.8, 4) is 5.75 Å². The molecule has 26 heavy (non-hydrogen) atoms. The SMILES string of the molecule is CCN1CCOC(COc2ccc(B3OC(C)(C)C(C)(C)O3)c(F)c2)C1. The first-order chi connectivity index (χ1) is 12.2. The van der Waals surface area contributed by atoms with Gasteiger partial charge in [-0.15, -0.1) is 0 Å². The van der Waals surface area contributed by atoms with Crippen molar-refractivity contribution in [2.45, 2.75) is 51.9 Å². The summed E-state index contributed by atoms with van der Waals surface area (Å²) in [6.45, 7) is 13.8. The Morgan fingerprint density at radius 1 is 1.23 bits per heavy atom. The number of likely N-dealkylation sites (N-methyl/N-ethyl adjacent to an activating group) is 1. The third kappa shape index (κ3) is 4.06. The van der Waals surface area contributed by atoms with Crippen molar-refractivity contribution in [2.75, 3.05) is 32.8 Å². The van der Waals surface area contributed by atoms with E-state index in [0.717, 1.165) is 19.6 Å². The van der Waals surface area contributed by atoms with Gasteiger partial charge in [0.15, 0.2) is 0 Å². The van der Waals surface area contributed by atoms with Crippen molar-refractivity contribution in [1.82, 2.24) is 4.90 Å². The van der Waals surface area contributed by atoms with Gasteiger partial charge in [-0.2, -0.15) is 0 Å². The van der Waals surface area contributed by atoms with E-state index in [2.05, 4.69) is 11.8 Å². The molecule has 2 heterocycles. The first-order valence-corrected chi connectivity index (χ1v) is 9.33. The van der Waals surface area contributed by atoms with Crippen LogP contribution in [0, 0.1) is 5.82 Å². The Hall–Kier alpha value is -1.15. The fourth-order valence-corrected chi connectivity index (χ4v) is 3.12. The first-order valence-electron chi connectivity index (χ1n) is 9.33. The van der Waals surface area contributed by atoms with Crippen molar-refractivity contribution in [3.05, 3.63) is 24.0 Å². The monoisotopic (exact) mass is 365 g/mol. The van der Waals surface area contributed by atoms with Crippen LogP contribution in [0.15, 0.2) is 18.2 Å². The number of rotatable bonds is 5. The Bertz CT molecular complexity index is 624. The molecule has 0 aromatic heterocycles. The van der Waals surface area contributed by atoms with E-state index in [1.165, 1.54) is 6.07 Å². The zero-order valence-electron chi connectivity index (χ0n) is 16.4. The van der Waals surface area contributed by atoms with Crippen LogP contribution in [0.1, 0.15) is 34.6 Å². The van der Waals surface area contributed by atoms with Crippen LogP contribution in [0.5, 0.6) is 5.75 Å². The normalized spacial score (nSPS) is 25.5. The molecule has 0 bridgehead atoms. The molecular weight excluding hydrogens is 336 g/mol. The highest BCUT2D eigenvalue weighted by molar-refractivity contribution is 6.62. The summed E-state index contributed by atoms with van der Waals surface area (Å²) < 4.78 is 37.9. The number of ether oxygens (including phenoxy) is 2. The molecule has 0 saturated carbocycles. The van der Waals surface area contributed by atoms with Crippen LogP contribution in [0.4, 0.5) is 4.39 Å². The predicted molar refractivity (Wildman–Crippen MR) is 99.5 cm³/mol. The molecule has 5 nitrogen and oxygen atoms in total. The lowest BCUT2D eigenvalue weighted by molar-refractivity contribution is -0.0464. The third-order valence-electron chi connectivity index (χ3n) is 5.59. The average Bonchev–Trinajstić information content (AvgIpc) is 2.80. The minimum atomic E-state index is -0.714. The summed E-state index contributed by atoms with van der Waals surface area (Å²) in [5.74, 6) is 0.0979. The second-order valence-electron chi connectivity index (χ2n) is 7.97. The lowest BCUT2D eigenvalue weighted by Crippen LogP contribution is -2.44. The maximum atomic E-state index is 14.6. The Morgan fingerprint density at radius 2 is 1.92 bits per heavy atom. The maximum absolute atomic E-state index is 14.6. The second kappa shape index (κ2) is 7.47. The molecule has 1 aromatic rings. The number of benzene rings is 1. The summed E-state index contributed by atoms with van der Waals surface area (Å²) >= 11 is 0. The smallest absolute Gasteiger partial charge is 0.491 e. The van der Waals surface area contributed by atoms with E-state index in [9.17, 15) is 4.39 Å². The van der Waals surface area contributed by atoms with Gasteiger partial charge in [-0.25, -0.2) is 4.39 Å². The molecule has 2 saturated heterocycles. The number of morpholine rings is 1. The zero-order valence-corrected chi connectivity index (χ0v) is 16.4. The third-order valence-corrected chi connectivity index (χ3v) is 5.59. The fourth-order valence-electron chi connectivity index (χ4n) is 3.12. The second-order valence-corrected chi connectivity index (χ2v) is 7.97. The van der Waals surface area contributed by atoms with E-state index in [0.29, 0.717) is 24.4 Å². The van der Waals surface area contributed by atoms with Crippen molar-refractivity contribution in [2.24, 2.45) is 0 Å². The molecule has 0 radical (unpaired) electrons. The molecule has 2 fully saturated rings. The summed E-state index contributed by atoms with van der Waals surface area (Å²) in [7, 11) is -0.714. The minimum absolute atomic E-state index is 0.00883. The predicted octanol–water partition coefficient (Wildman–Crippen LogP) is 2.22. The molecule has 1 unspecified atom stereocenters. The van der Waals surface area contributed by atoms with Crippen LogP contribution in [0.2, 0.25) is 0 Å². The van der Waals surface area contributed by atoms with Gasteiger partial charge in [0.2, 0.25) is 0 Å². The molecule has 1 atom stereocenters. The lowest BCUT2D eigenvalue weighted by atomic mass is 9.78. The minimum Gasteiger partial charge on any atom is -0.491 e. The number of halogens is 1. The van der Waals surface area contributed by atoms with Crippen molar-refractivity contribution >= 4 is 12.6 Å². The van der Waals surface area contributed by atoms with Gasteiger partial charge in [0.05, 0.1) is 17.8 Å². The summed E-state index contributed by atoms with van der Waals surface area (Å²) in [5, 5.41) is 0. The van der Waals surface area contributed by atoms with E-state index in [4.69, 9.17) is 18.8 Å². The lowest BCUT2D eigenvalue weighted by Gasteiger charge is -2.32. The van der Waals surface area contributed by atoms with Gasteiger partial charge in [-0.1, -0.05) is 13.0 Å². The van der Waals surface area contributed by atoms with E-state index in [1.54, 1.807) is 12.1 Å². The van der Waals surface area contributed by atoms with Crippen LogP contribution in [0.25, 0.3) is 0 Å². The Kier molecular flexibility index (Phi) is 5.63. The summed E-state index contributed by atoms with van der Waals surface area (Å²) in [4.78, 5) is 2.32. The molecule has 2 aliphatic heterocycles. The first kappa shape index (κ1) is 19.6. The van der Waals surface area contributed by atoms with Gasteiger partial charge in [0, 0.05) is 24.6 Å². The van der Waals surface area contributed by atoms with E-state index >= 15 is 0 Å². The Balaban J connectivity index is 1.61. The molecule has 3 rings (SSSR count). The molecule has 7 heteroatoms. The van der Waals surface area contributed by atoms with Crippen molar-refractivity contribution < 1.29 is 23.2 Å². The average molecular weight is 365 g/mol. The quantitative estimate of drug-likeness (QED) is 0.749. The van der Waals surface area contributed by atoms with Gasteiger partial charge in [0.25, 0.3) is 0 Å². The van der Waals surface area contributed by atoms with Crippen LogP contribution in [0.3, 0.4) is 0 Å². The Labute approximate surface area is 155 Å². The van der Waals surface area contributed by atoms with E-state index in [-0.39, 0.29) is 11.9 Å². The summed E-state index contributed by atoms with van der Waals surface area (Å²) in [5.41, 5.74) is -0.604. The highest BCUT2D eigenvalue weighted by atomic mass is 19.1. The molecule has 2 aliphatic rings. The van der Waals surface area contributed by atoms with E-state index < -0.39 is 18.3 Å². The standard InChI is InChI=1S/C19H29BFNO4/c1-6-22-9-10-23-15(12-22)13-24-14-7-8-16(17(21)11-14)20-25-18(2,3)19(4,5)26-20/h7-8,11,15H,6,9-10,12-13H2,1-5H3. The molecule has 0 N–H and O–H groups in total. The van der Waals surface area contributed by atoms with Crippen LogP contribution < -0.4 is 10.2 Å². The number of hydrogen-bond acceptors (Lipinski definition) is 5. The fraction of sp³-hybridized carbons (Fsp3) is 0.684. The zero-order chi connectivity index (χ0) is 18.9. The molecule has 0 aliphatic carbocycles. The molecular formula is C19H29BFNO4. The number of hydrogen-bond donors (Lipinski definition) is 0. The highest BCUT2D eigenvalue weighted by Gasteiger charge is 2.52. The van der Waals surface area contributed by atoms with Gasteiger partial charge >= 0.3 is 7.12 Å². The van der Waals surface area contributed by atoms with Gasteiger partial charge in [-0.3, -0.25) is 4.90 Å². The summed E-state index contributed by atoms with van der Waals surface area (Å²) in [6, 6.07) is 4.82. The van der Waals surface area contributed by atoms with Crippen LogP contribution in [-0.4, -0.2) is 62.2 Å². The highest BCUT2D eigenvalue weighted by Crippen LogP contribution is 2.36. The van der Waals surface area contributed by atoms with Crippen LogP contribution >= 0.6 is 0 Å². The van der Waals surface area contributed by atoms with Crippen LogP contribution in [-0.2, 0) is 14.0 Å². The summed E-state index contributed by atoms with van der Waals surface area (Å²) in [6.07, 6.45) is 0.00883.